The number of halogens is 3. The van der Waals surface area contributed by atoms with Crippen molar-refractivity contribution in [2.24, 2.45) is 0 Å². The van der Waals surface area contributed by atoms with E-state index in [2.05, 4.69) is 4.74 Å². The summed E-state index contributed by atoms with van der Waals surface area (Å²) in [7, 11) is -1.89. The third kappa shape index (κ3) is 4.02. The molecule has 0 spiro atoms. The molecule has 0 aromatic heterocycles. The van der Waals surface area contributed by atoms with E-state index in [0.717, 1.165) is 12.1 Å². The fourth-order valence-corrected chi connectivity index (χ4v) is 1.64. The number of hydrogen-bond acceptors (Lipinski definition) is 4. The number of hydrogen-bond donors (Lipinski definition) is 0. The van der Waals surface area contributed by atoms with Gasteiger partial charge in [0, 0.05) is 4.90 Å². The molecule has 1 unspecified atom stereocenters. The summed E-state index contributed by atoms with van der Waals surface area (Å²) in [5.74, 6) is -0.429. The van der Waals surface area contributed by atoms with Crippen LogP contribution in [0.1, 0.15) is 0 Å². The van der Waals surface area contributed by atoms with Crippen LogP contribution >= 0.6 is 0 Å². The summed E-state index contributed by atoms with van der Waals surface area (Å²) in [6.45, 7) is -0.349. The minimum atomic E-state index is -4.80. The van der Waals surface area contributed by atoms with Gasteiger partial charge in [0.15, 0.2) is 17.4 Å². The summed E-state index contributed by atoms with van der Waals surface area (Å²) in [4.78, 5) is 10.4. The van der Waals surface area contributed by atoms with E-state index in [1.54, 1.807) is 0 Å². The first-order valence-electron chi connectivity index (χ1n) is 4.63. The lowest BCUT2D eigenvalue weighted by Crippen LogP contribution is -2.16. The molecular weight excluding hydrogens is 273 g/mol. The molecule has 0 saturated carbocycles. The molecule has 1 aromatic carbocycles. The summed E-state index contributed by atoms with van der Waals surface area (Å²) < 4.78 is 56.6. The molecule has 0 N–H and O–H groups in total. The molecule has 0 saturated heterocycles. The van der Waals surface area contributed by atoms with Crippen molar-refractivity contribution in [1.82, 2.24) is 0 Å². The number of alkyl halides is 3. The second-order valence-corrected chi connectivity index (χ2v) is 4.52. The van der Waals surface area contributed by atoms with Gasteiger partial charge in [-0.25, -0.2) is 9.00 Å². The average Bonchev–Trinajstić information content (AvgIpc) is 2.34. The van der Waals surface area contributed by atoms with E-state index in [1.807, 2.05) is 0 Å². The maximum atomic E-state index is 12.1. The van der Waals surface area contributed by atoms with Crippen molar-refractivity contribution < 1.29 is 31.6 Å². The fraction of sp³-hybridized carbons (Fsp3) is 0.300. The number of ether oxygens (including phenoxy) is 2. The molecule has 4 nitrogen and oxygen atoms in total. The molecule has 1 aromatic rings. The molecule has 1 rings (SSSR count). The molecule has 0 amide bonds. The third-order valence-corrected chi connectivity index (χ3v) is 2.95. The Bertz CT molecular complexity index is 441. The average molecular weight is 282 g/mol. The number of esters is 1. The van der Waals surface area contributed by atoms with E-state index in [4.69, 9.17) is 4.74 Å². The van der Waals surface area contributed by atoms with Gasteiger partial charge in [0.05, 0.1) is 7.11 Å². The van der Waals surface area contributed by atoms with Gasteiger partial charge in [0.25, 0.3) is 0 Å². The largest absolute Gasteiger partial charge is 0.482 e. The zero-order valence-electron chi connectivity index (χ0n) is 9.19. The maximum absolute atomic E-state index is 12.1. The predicted octanol–water partition coefficient (Wildman–Crippen LogP) is 1.87. The maximum Gasteiger partial charge on any atom is 0.475 e. The summed E-state index contributed by atoms with van der Waals surface area (Å²) in [6, 6.07) is 4.44. The highest BCUT2D eigenvalue weighted by molar-refractivity contribution is 7.86. The molecule has 8 heteroatoms. The molecule has 0 aliphatic carbocycles. The van der Waals surface area contributed by atoms with E-state index < -0.39 is 22.3 Å². The van der Waals surface area contributed by atoms with Crippen LogP contribution in [0.5, 0.6) is 5.75 Å². The SMILES string of the molecule is COC(=O)COc1ccc(S(=O)C(F)(F)F)cc1. The Kier molecular flexibility index (Phi) is 4.71. The summed E-state index contributed by atoms with van der Waals surface area (Å²) in [5.41, 5.74) is -4.80. The van der Waals surface area contributed by atoms with E-state index in [0.29, 0.717) is 0 Å². The van der Waals surface area contributed by atoms with Crippen molar-refractivity contribution >= 4 is 16.8 Å². The van der Waals surface area contributed by atoms with Gasteiger partial charge < -0.3 is 9.47 Å². The van der Waals surface area contributed by atoms with Crippen LogP contribution < -0.4 is 4.74 Å². The Morgan fingerprint density at radius 2 is 1.83 bits per heavy atom. The van der Waals surface area contributed by atoms with Gasteiger partial charge in [0.2, 0.25) is 0 Å². The number of rotatable bonds is 4. The Morgan fingerprint density at radius 1 is 1.28 bits per heavy atom. The van der Waals surface area contributed by atoms with Crippen LogP contribution in [0, 0.1) is 0 Å². The molecular formula is C10H9F3O4S. The number of benzene rings is 1. The van der Waals surface area contributed by atoms with Crippen LogP contribution in [0.25, 0.3) is 0 Å². The van der Waals surface area contributed by atoms with Gasteiger partial charge >= 0.3 is 11.5 Å². The molecule has 100 valence electrons. The van der Waals surface area contributed by atoms with Crippen LogP contribution in [0.2, 0.25) is 0 Å². The highest BCUT2D eigenvalue weighted by Crippen LogP contribution is 2.27. The van der Waals surface area contributed by atoms with Gasteiger partial charge in [-0.05, 0) is 24.3 Å². The highest BCUT2D eigenvalue weighted by atomic mass is 32.2. The van der Waals surface area contributed by atoms with Crippen LogP contribution in [0.4, 0.5) is 13.2 Å². The highest BCUT2D eigenvalue weighted by Gasteiger charge is 2.37. The van der Waals surface area contributed by atoms with E-state index in [9.17, 15) is 22.2 Å². The van der Waals surface area contributed by atoms with Crippen molar-refractivity contribution in [1.29, 1.82) is 0 Å². The summed E-state index contributed by atoms with van der Waals surface area (Å²) in [6.07, 6.45) is 0. The zero-order valence-corrected chi connectivity index (χ0v) is 10.0. The van der Waals surface area contributed by atoms with E-state index >= 15 is 0 Å². The van der Waals surface area contributed by atoms with Gasteiger partial charge in [0.1, 0.15) is 5.75 Å². The van der Waals surface area contributed by atoms with Gasteiger partial charge in [-0.1, -0.05) is 0 Å². The molecule has 0 aliphatic rings. The predicted molar refractivity (Wildman–Crippen MR) is 56.4 cm³/mol. The topological polar surface area (TPSA) is 52.6 Å². The lowest BCUT2D eigenvalue weighted by atomic mass is 10.3. The Hall–Kier alpha value is -1.57. The minimum Gasteiger partial charge on any atom is -0.482 e. The van der Waals surface area contributed by atoms with Crippen LogP contribution in [-0.4, -0.2) is 29.4 Å². The van der Waals surface area contributed by atoms with Crippen molar-refractivity contribution in [2.45, 2.75) is 10.4 Å². The molecule has 0 radical (unpaired) electrons. The van der Waals surface area contributed by atoms with Crippen LogP contribution in [0.3, 0.4) is 0 Å². The zero-order chi connectivity index (χ0) is 13.8. The number of carbonyl (C=O) groups excluding carboxylic acids is 1. The standard InChI is InChI=1S/C10H9F3O4S/c1-16-9(14)6-17-7-2-4-8(5-3-7)18(15)10(11,12)13/h2-5H,6H2,1H3. The van der Waals surface area contributed by atoms with Crippen molar-refractivity contribution in [3.63, 3.8) is 0 Å². The first-order chi connectivity index (χ1) is 8.34. The second-order valence-electron chi connectivity index (χ2n) is 3.05. The smallest absolute Gasteiger partial charge is 0.475 e. The second kappa shape index (κ2) is 5.85. The lowest BCUT2D eigenvalue weighted by molar-refractivity contribution is -0.142. The lowest BCUT2D eigenvalue weighted by Gasteiger charge is -2.07. The normalized spacial score (nSPS) is 12.9. The first kappa shape index (κ1) is 14.5. The summed E-state index contributed by atoms with van der Waals surface area (Å²) >= 11 is 0. The molecule has 0 aliphatic heterocycles. The van der Waals surface area contributed by atoms with Crippen LogP contribution in [-0.2, 0) is 20.3 Å². The molecule has 0 bridgehead atoms. The van der Waals surface area contributed by atoms with E-state index in [-0.39, 0.29) is 17.3 Å². The summed E-state index contributed by atoms with van der Waals surface area (Å²) in [5, 5.41) is 0. The van der Waals surface area contributed by atoms with Gasteiger partial charge in [-0.3, -0.25) is 0 Å². The Morgan fingerprint density at radius 3 is 2.28 bits per heavy atom. The van der Waals surface area contributed by atoms with E-state index in [1.165, 1.54) is 19.2 Å². The fourth-order valence-electron chi connectivity index (χ4n) is 0.994. The molecule has 0 fully saturated rings. The van der Waals surface area contributed by atoms with Crippen molar-refractivity contribution in [2.75, 3.05) is 13.7 Å². The van der Waals surface area contributed by atoms with Crippen molar-refractivity contribution in [3.8, 4) is 5.75 Å². The Balaban J connectivity index is 2.69. The van der Waals surface area contributed by atoms with Gasteiger partial charge in [-0.2, -0.15) is 13.2 Å². The quantitative estimate of drug-likeness (QED) is 0.791. The van der Waals surface area contributed by atoms with Gasteiger partial charge in [-0.15, -0.1) is 0 Å². The first-order valence-corrected chi connectivity index (χ1v) is 5.78. The number of methoxy groups -OCH3 is 1. The minimum absolute atomic E-state index is 0.184. The van der Waals surface area contributed by atoms with Crippen molar-refractivity contribution in [3.05, 3.63) is 24.3 Å². The number of carbonyl (C=O) groups is 1. The molecule has 18 heavy (non-hydrogen) atoms. The molecule has 0 heterocycles. The third-order valence-electron chi connectivity index (χ3n) is 1.83. The monoisotopic (exact) mass is 282 g/mol. The Labute approximate surface area is 103 Å². The van der Waals surface area contributed by atoms with Crippen LogP contribution in [0.15, 0.2) is 29.2 Å². The molecule has 1 atom stereocenters.